The molecular formula is C25H20N4O2S. The Morgan fingerprint density at radius 1 is 1.09 bits per heavy atom. The lowest BCUT2D eigenvalue weighted by molar-refractivity contribution is 0.105. The van der Waals surface area contributed by atoms with Gasteiger partial charge in [0.2, 0.25) is 5.78 Å². The third kappa shape index (κ3) is 3.84. The monoisotopic (exact) mass is 440 g/mol. The second-order valence-corrected chi connectivity index (χ2v) is 8.45. The Balaban J connectivity index is 2.10. The molecule has 0 saturated carbocycles. The van der Waals surface area contributed by atoms with E-state index in [2.05, 4.69) is 11.2 Å². The van der Waals surface area contributed by atoms with Gasteiger partial charge in [0.1, 0.15) is 16.3 Å². The van der Waals surface area contributed by atoms with E-state index in [0.29, 0.717) is 20.4 Å². The number of aryl methyl sites for hydroxylation is 3. The smallest absolute Gasteiger partial charge is 0.273 e. The maximum atomic E-state index is 13.5. The minimum atomic E-state index is -0.401. The number of aromatic nitrogens is 3. The lowest BCUT2D eigenvalue weighted by atomic mass is 10.0. The molecule has 2 heterocycles. The van der Waals surface area contributed by atoms with Crippen molar-refractivity contribution < 1.29 is 4.79 Å². The van der Waals surface area contributed by atoms with Crippen molar-refractivity contribution in [3.05, 3.63) is 103 Å². The predicted molar refractivity (Wildman–Crippen MR) is 125 cm³/mol. The molecule has 0 bridgehead atoms. The molecule has 0 N–H and O–H groups in total. The molecule has 0 spiro atoms. The average Bonchev–Trinajstić information content (AvgIpc) is 3.32. The summed E-state index contributed by atoms with van der Waals surface area (Å²) in [5.41, 5.74) is 3.14. The average molecular weight is 441 g/mol. The predicted octanol–water partition coefficient (Wildman–Crippen LogP) is 2.64. The highest BCUT2D eigenvalue weighted by Gasteiger charge is 2.20. The van der Waals surface area contributed by atoms with Crippen molar-refractivity contribution in [2.45, 2.75) is 13.8 Å². The molecule has 6 nitrogen and oxygen atoms in total. The van der Waals surface area contributed by atoms with E-state index in [-0.39, 0.29) is 11.1 Å². The lowest BCUT2D eigenvalue weighted by Crippen LogP contribution is -2.32. The van der Waals surface area contributed by atoms with Gasteiger partial charge in [-0.3, -0.25) is 18.8 Å². The Morgan fingerprint density at radius 3 is 2.41 bits per heavy atom. The highest BCUT2D eigenvalue weighted by molar-refractivity contribution is 7.07. The van der Waals surface area contributed by atoms with Gasteiger partial charge in [-0.1, -0.05) is 42.5 Å². The van der Waals surface area contributed by atoms with Crippen molar-refractivity contribution in [2.24, 2.45) is 7.05 Å². The summed E-state index contributed by atoms with van der Waals surface area (Å²) in [5, 5.41) is 14.1. The van der Waals surface area contributed by atoms with Crippen LogP contribution in [0.1, 0.15) is 27.0 Å². The Morgan fingerprint density at radius 2 is 1.78 bits per heavy atom. The largest absolute Gasteiger partial charge is 0.288 e. The van der Waals surface area contributed by atoms with Gasteiger partial charge in [-0.2, -0.15) is 10.4 Å². The molecule has 4 aromatic rings. The highest BCUT2D eigenvalue weighted by Crippen LogP contribution is 2.15. The number of hydrogen-bond donors (Lipinski definition) is 0. The minimum Gasteiger partial charge on any atom is -0.288 e. The van der Waals surface area contributed by atoms with Crippen LogP contribution in [0.4, 0.5) is 0 Å². The normalized spacial score (nSPS) is 12.5. The zero-order valence-electron chi connectivity index (χ0n) is 17.9. The highest BCUT2D eigenvalue weighted by atomic mass is 32.1. The molecule has 0 amide bonds. The molecular weight excluding hydrogens is 420 g/mol. The maximum absolute atomic E-state index is 13.5. The number of carbonyl (C=O) groups is 1. The van der Waals surface area contributed by atoms with E-state index in [1.54, 1.807) is 42.3 Å². The van der Waals surface area contributed by atoms with E-state index in [1.807, 2.05) is 50.2 Å². The van der Waals surface area contributed by atoms with Crippen LogP contribution in [0, 0.1) is 25.2 Å². The number of para-hydroxylation sites is 1. The molecule has 0 aliphatic heterocycles. The standard InChI is InChI=1S/C25H20N4O2S/c1-16-8-4-6-10-19(16)23(30)20(13-26)25-29(21-11-7-5-9-17(21)2)24(31)22(32-25)12-18-14-27-28(3)15-18/h4-12,14-15H,1-3H3/b22-12+,25-20-. The zero-order valence-corrected chi connectivity index (χ0v) is 18.7. The van der Waals surface area contributed by atoms with Gasteiger partial charge >= 0.3 is 0 Å². The van der Waals surface area contributed by atoms with E-state index in [9.17, 15) is 14.9 Å². The summed E-state index contributed by atoms with van der Waals surface area (Å²) in [6, 6.07) is 16.6. The molecule has 0 atom stereocenters. The number of ketones is 1. The van der Waals surface area contributed by atoms with Crippen molar-refractivity contribution in [3.63, 3.8) is 0 Å². The minimum absolute atomic E-state index is 0.0597. The van der Waals surface area contributed by atoms with E-state index in [0.717, 1.165) is 28.0 Å². The van der Waals surface area contributed by atoms with Gasteiger partial charge < -0.3 is 0 Å². The Labute approximate surface area is 188 Å². The lowest BCUT2D eigenvalue weighted by Gasteiger charge is -2.08. The molecule has 2 aromatic heterocycles. The summed E-state index contributed by atoms with van der Waals surface area (Å²) >= 11 is 1.13. The fourth-order valence-corrected chi connectivity index (χ4v) is 4.60. The van der Waals surface area contributed by atoms with Crippen LogP contribution in [0.25, 0.3) is 17.3 Å². The van der Waals surface area contributed by atoms with Crippen molar-refractivity contribution in [1.82, 2.24) is 14.3 Å². The molecule has 0 aliphatic rings. The number of benzene rings is 2. The van der Waals surface area contributed by atoms with Crippen molar-refractivity contribution in [2.75, 3.05) is 0 Å². The molecule has 0 saturated heterocycles. The van der Waals surface area contributed by atoms with Crippen LogP contribution < -0.4 is 14.8 Å². The first-order valence-electron chi connectivity index (χ1n) is 9.93. The van der Waals surface area contributed by atoms with Gasteiger partial charge in [-0.25, -0.2) is 0 Å². The van der Waals surface area contributed by atoms with Gasteiger partial charge in [0.05, 0.1) is 16.4 Å². The fourth-order valence-electron chi connectivity index (χ4n) is 3.51. The number of hydrogen-bond acceptors (Lipinski definition) is 5. The van der Waals surface area contributed by atoms with E-state index in [4.69, 9.17) is 0 Å². The molecule has 4 rings (SSSR count). The second kappa shape index (κ2) is 8.61. The van der Waals surface area contributed by atoms with Crippen molar-refractivity contribution in [1.29, 1.82) is 5.26 Å². The fraction of sp³-hybridized carbons (Fsp3) is 0.120. The number of thiazole rings is 1. The summed E-state index contributed by atoms with van der Waals surface area (Å²) in [6.45, 7) is 3.72. The topological polar surface area (TPSA) is 80.7 Å². The van der Waals surface area contributed by atoms with Gasteiger partial charge in [0.15, 0.2) is 0 Å². The molecule has 0 unspecified atom stereocenters. The quantitative estimate of drug-likeness (QED) is 0.457. The van der Waals surface area contributed by atoms with Gasteiger partial charge in [0.25, 0.3) is 5.56 Å². The van der Waals surface area contributed by atoms with Crippen molar-refractivity contribution >= 4 is 28.8 Å². The molecule has 0 radical (unpaired) electrons. The van der Waals surface area contributed by atoms with Gasteiger partial charge in [-0.15, -0.1) is 11.3 Å². The number of nitriles is 1. The Hall–Kier alpha value is -4.02. The van der Waals surface area contributed by atoms with Crippen LogP contribution in [0.15, 0.2) is 65.7 Å². The summed E-state index contributed by atoms with van der Waals surface area (Å²) in [7, 11) is 1.80. The third-order valence-electron chi connectivity index (χ3n) is 5.14. The summed E-state index contributed by atoms with van der Waals surface area (Å²) < 4.78 is 3.85. The number of carbonyl (C=O) groups excluding carboxylic acids is 1. The molecule has 7 heteroatoms. The first-order valence-corrected chi connectivity index (χ1v) is 10.8. The van der Waals surface area contributed by atoms with Crippen LogP contribution in [0.3, 0.4) is 0 Å². The van der Waals surface area contributed by atoms with Gasteiger partial charge in [-0.05, 0) is 37.1 Å². The molecule has 32 heavy (non-hydrogen) atoms. The first-order chi connectivity index (χ1) is 15.4. The number of Topliss-reactive ketones (excluding diaryl/α,β-unsaturated/α-hetero) is 1. The Kier molecular flexibility index (Phi) is 5.71. The van der Waals surface area contributed by atoms with Crippen LogP contribution >= 0.6 is 11.3 Å². The summed E-state index contributed by atoms with van der Waals surface area (Å²) in [4.78, 5) is 26.8. The van der Waals surface area contributed by atoms with Crippen LogP contribution in [0.2, 0.25) is 0 Å². The molecule has 2 aromatic carbocycles. The number of nitrogens with zero attached hydrogens (tertiary/aromatic N) is 4. The molecule has 0 aliphatic carbocycles. The van der Waals surface area contributed by atoms with Crippen LogP contribution in [-0.2, 0) is 7.05 Å². The van der Waals surface area contributed by atoms with E-state index in [1.165, 1.54) is 4.57 Å². The summed E-state index contributed by atoms with van der Waals surface area (Å²) in [5.74, 6) is -0.401. The van der Waals surface area contributed by atoms with E-state index >= 15 is 0 Å². The first kappa shape index (κ1) is 21.2. The third-order valence-corrected chi connectivity index (χ3v) is 6.24. The SMILES string of the molecule is Cc1ccccc1C(=O)/C(C#N)=c1\s/c(=C/c2cnn(C)c2)c(=O)n1-c1ccccc1C. The maximum Gasteiger partial charge on any atom is 0.273 e. The van der Waals surface area contributed by atoms with Crippen molar-refractivity contribution in [3.8, 4) is 11.8 Å². The van der Waals surface area contributed by atoms with Gasteiger partial charge in [0, 0.05) is 24.4 Å². The molecule has 0 fully saturated rings. The van der Waals surface area contributed by atoms with Crippen LogP contribution in [0.5, 0.6) is 0 Å². The number of rotatable bonds is 4. The Bertz CT molecular complexity index is 1560. The second-order valence-electron chi connectivity index (χ2n) is 7.42. The van der Waals surface area contributed by atoms with E-state index < -0.39 is 5.78 Å². The molecule has 158 valence electrons. The van der Waals surface area contributed by atoms with Crippen LogP contribution in [-0.4, -0.2) is 20.1 Å². The zero-order chi connectivity index (χ0) is 22.8. The summed E-state index contributed by atoms with van der Waals surface area (Å²) in [6.07, 6.45) is 5.18.